The van der Waals surface area contributed by atoms with E-state index in [2.05, 4.69) is 65.1 Å². The molecular weight excluding hydrogens is 418 g/mol. The van der Waals surface area contributed by atoms with Crippen LogP contribution in [0.25, 0.3) is 10.9 Å². The van der Waals surface area contributed by atoms with E-state index in [1.54, 1.807) is 14.2 Å². The van der Waals surface area contributed by atoms with E-state index in [9.17, 15) is 0 Å². The molecule has 0 amide bonds. The van der Waals surface area contributed by atoms with Crippen molar-refractivity contribution in [3.63, 3.8) is 0 Å². The molecule has 0 spiro atoms. The van der Waals surface area contributed by atoms with Gasteiger partial charge in [-0.15, -0.1) is 0 Å². The number of H-pyrrole nitrogens is 1. The second-order valence-electron chi connectivity index (χ2n) is 7.63. The second kappa shape index (κ2) is 9.75. The average Bonchev–Trinajstić information content (AvgIpc) is 3.24. The second-order valence-corrected chi connectivity index (χ2v) is 8.03. The Morgan fingerprint density at radius 2 is 1.72 bits per heavy atom. The van der Waals surface area contributed by atoms with E-state index in [-0.39, 0.29) is 5.92 Å². The Labute approximate surface area is 193 Å². The van der Waals surface area contributed by atoms with Crippen molar-refractivity contribution in [3.05, 3.63) is 89.6 Å². The minimum Gasteiger partial charge on any atom is -0.493 e. The van der Waals surface area contributed by atoms with Gasteiger partial charge in [0.2, 0.25) is 0 Å². The number of aromatic amines is 1. The molecule has 0 radical (unpaired) electrons. The maximum atomic E-state index is 5.76. The Kier molecular flexibility index (Phi) is 6.61. The molecule has 0 saturated carbocycles. The van der Waals surface area contributed by atoms with E-state index in [1.165, 1.54) is 10.9 Å². The average molecular weight is 446 g/mol. The molecule has 4 aromatic rings. The fourth-order valence-corrected chi connectivity index (χ4v) is 4.16. The molecule has 32 heavy (non-hydrogen) atoms. The van der Waals surface area contributed by atoms with Crippen molar-refractivity contribution >= 4 is 33.9 Å². The van der Waals surface area contributed by atoms with E-state index < -0.39 is 0 Å². The van der Waals surface area contributed by atoms with Gasteiger partial charge in [0.15, 0.2) is 16.6 Å². The molecule has 0 aliphatic rings. The highest BCUT2D eigenvalue weighted by Crippen LogP contribution is 2.40. The lowest BCUT2D eigenvalue weighted by atomic mass is 9.90. The summed E-state index contributed by atoms with van der Waals surface area (Å²) in [4.78, 5) is 3.39. The van der Waals surface area contributed by atoms with Gasteiger partial charge >= 0.3 is 0 Å². The topological polar surface area (TPSA) is 58.3 Å². The molecule has 1 aromatic heterocycles. The predicted molar refractivity (Wildman–Crippen MR) is 135 cm³/mol. The van der Waals surface area contributed by atoms with E-state index in [0.29, 0.717) is 17.4 Å². The van der Waals surface area contributed by atoms with Crippen molar-refractivity contribution < 1.29 is 9.47 Å². The highest BCUT2D eigenvalue weighted by atomic mass is 32.1. The fourth-order valence-electron chi connectivity index (χ4n) is 3.96. The molecule has 5 nitrogen and oxygen atoms in total. The van der Waals surface area contributed by atoms with Gasteiger partial charge in [0, 0.05) is 40.8 Å². The van der Waals surface area contributed by atoms with Gasteiger partial charge in [0.1, 0.15) is 0 Å². The summed E-state index contributed by atoms with van der Waals surface area (Å²) in [7, 11) is 3.33. The van der Waals surface area contributed by atoms with E-state index >= 15 is 0 Å². The number of nitrogens with one attached hydrogen (secondary N) is 3. The van der Waals surface area contributed by atoms with Gasteiger partial charge in [-0.1, -0.05) is 48.0 Å². The number of hydrogen-bond donors (Lipinski definition) is 3. The molecule has 3 aromatic carbocycles. The maximum absolute atomic E-state index is 5.76. The normalized spacial score (nSPS) is 11.7. The fraction of sp³-hybridized carbons (Fsp3) is 0.192. The minimum absolute atomic E-state index is 0.0195. The molecule has 0 bridgehead atoms. The molecule has 1 heterocycles. The first-order valence-corrected chi connectivity index (χ1v) is 10.9. The van der Waals surface area contributed by atoms with Gasteiger partial charge < -0.3 is 25.1 Å². The van der Waals surface area contributed by atoms with Crippen molar-refractivity contribution in [2.75, 3.05) is 26.1 Å². The summed E-state index contributed by atoms with van der Waals surface area (Å²) in [5.41, 5.74) is 5.45. The molecule has 0 fully saturated rings. The Morgan fingerprint density at radius 1 is 0.938 bits per heavy atom. The van der Waals surface area contributed by atoms with Crippen LogP contribution in [0.4, 0.5) is 5.69 Å². The highest BCUT2D eigenvalue weighted by molar-refractivity contribution is 7.80. The number of ether oxygens (including phenoxy) is 2. The first-order valence-electron chi connectivity index (χ1n) is 10.5. The molecule has 0 saturated heterocycles. The third-order valence-electron chi connectivity index (χ3n) is 5.58. The van der Waals surface area contributed by atoms with Crippen LogP contribution in [0.2, 0.25) is 0 Å². The van der Waals surface area contributed by atoms with Gasteiger partial charge in [-0.3, -0.25) is 0 Å². The SMILES string of the molecule is COc1cccc(C(CNC(=S)Nc2ccc(C)cc2)c2c[nH]c3ccccc23)c1OC. The van der Waals surface area contributed by atoms with Crippen molar-refractivity contribution in [1.82, 2.24) is 10.3 Å². The Bertz CT molecular complexity index is 1220. The number of aromatic nitrogens is 1. The summed E-state index contributed by atoms with van der Waals surface area (Å²) < 4.78 is 11.3. The van der Waals surface area contributed by atoms with E-state index in [0.717, 1.165) is 28.1 Å². The zero-order valence-electron chi connectivity index (χ0n) is 18.4. The third kappa shape index (κ3) is 4.55. The van der Waals surface area contributed by atoms with Crippen LogP contribution in [0.1, 0.15) is 22.6 Å². The van der Waals surface area contributed by atoms with E-state index in [1.807, 2.05) is 30.3 Å². The van der Waals surface area contributed by atoms with Crippen molar-refractivity contribution in [1.29, 1.82) is 0 Å². The Balaban J connectivity index is 1.66. The summed E-state index contributed by atoms with van der Waals surface area (Å²) in [5, 5.41) is 8.40. The van der Waals surface area contributed by atoms with Crippen LogP contribution >= 0.6 is 12.2 Å². The third-order valence-corrected chi connectivity index (χ3v) is 5.83. The molecule has 0 aliphatic heterocycles. The zero-order chi connectivity index (χ0) is 22.5. The number of rotatable bonds is 7. The Morgan fingerprint density at radius 3 is 2.47 bits per heavy atom. The van der Waals surface area contributed by atoms with Crippen molar-refractivity contribution in [2.24, 2.45) is 0 Å². The van der Waals surface area contributed by atoms with Gasteiger partial charge in [-0.2, -0.15) is 0 Å². The minimum atomic E-state index is -0.0195. The molecule has 1 unspecified atom stereocenters. The number of anilines is 1. The van der Waals surface area contributed by atoms with Crippen LogP contribution in [-0.4, -0.2) is 30.9 Å². The lowest BCUT2D eigenvalue weighted by molar-refractivity contribution is 0.350. The quantitative estimate of drug-likeness (QED) is 0.323. The van der Waals surface area contributed by atoms with Crippen LogP contribution < -0.4 is 20.1 Å². The van der Waals surface area contributed by atoms with Gasteiger partial charge in [-0.05, 0) is 49.0 Å². The number of benzene rings is 3. The number of hydrogen-bond acceptors (Lipinski definition) is 3. The van der Waals surface area contributed by atoms with Crippen molar-refractivity contribution in [2.45, 2.75) is 12.8 Å². The summed E-state index contributed by atoms with van der Waals surface area (Å²) >= 11 is 5.59. The molecule has 6 heteroatoms. The highest BCUT2D eigenvalue weighted by Gasteiger charge is 2.23. The number of para-hydroxylation sites is 2. The number of fused-ring (bicyclic) bond motifs is 1. The first-order chi connectivity index (χ1) is 15.6. The summed E-state index contributed by atoms with van der Waals surface area (Å²) in [5.74, 6) is 1.41. The summed E-state index contributed by atoms with van der Waals surface area (Å²) in [6.07, 6.45) is 2.06. The zero-order valence-corrected chi connectivity index (χ0v) is 19.3. The number of methoxy groups -OCH3 is 2. The molecule has 0 aliphatic carbocycles. The van der Waals surface area contributed by atoms with E-state index in [4.69, 9.17) is 21.7 Å². The largest absolute Gasteiger partial charge is 0.493 e. The van der Waals surface area contributed by atoms with Gasteiger partial charge in [0.05, 0.1) is 14.2 Å². The van der Waals surface area contributed by atoms with Gasteiger partial charge in [-0.25, -0.2) is 0 Å². The van der Waals surface area contributed by atoms with Crippen molar-refractivity contribution in [3.8, 4) is 11.5 Å². The lowest BCUT2D eigenvalue weighted by Gasteiger charge is -2.22. The van der Waals surface area contributed by atoms with Crippen LogP contribution in [-0.2, 0) is 0 Å². The summed E-state index contributed by atoms with van der Waals surface area (Å²) in [6, 6.07) is 22.4. The number of thiocarbonyl (C=S) groups is 1. The molecule has 164 valence electrons. The number of aryl methyl sites for hydroxylation is 1. The molecule has 4 rings (SSSR count). The standard InChI is InChI=1S/C26H27N3O2S/c1-17-11-13-18(14-12-17)29-26(32)28-16-22(20-8-6-10-24(30-2)25(20)31-3)21-15-27-23-9-5-4-7-19(21)23/h4-15,22,27H,16H2,1-3H3,(H2,28,29,32). The molecule has 3 N–H and O–H groups in total. The van der Waals surface area contributed by atoms with Crippen LogP contribution in [0, 0.1) is 6.92 Å². The maximum Gasteiger partial charge on any atom is 0.170 e. The van der Waals surface area contributed by atoms with Gasteiger partial charge in [0.25, 0.3) is 0 Å². The summed E-state index contributed by atoms with van der Waals surface area (Å²) in [6.45, 7) is 2.65. The smallest absolute Gasteiger partial charge is 0.170 e. The van der Waals surface area contributed by atoms with Crippen LogP contribution in [0.15, 0.2) is 72.9 Å². The lowest BCUT2D eigenvalue weighted by Crippen LogP contribution is -2.32. The molecular formula is C26H27N3O2S. The predicted octanol–water partition coefficient (Wildman–Crippen LogP) is 5.61. The monoisotopic (exact) mass is 445 g/mol. The van der Waals surface area contributed by atoms with Crippen LogP contribution in [0.3, 0.4) is 0 Å². The first kappa shape index (κ1) is 21.7. The Hall–Kier alpha value is -3.51. The van der Waals surface area contributed by atoms with Crippen LogP contribution in [0.5, 0.6) is 11.5 Å². The molecule has 1 atom stereocenters.